The van der Waals surface area contributed by atoms with Crippen LogP contribution in [0.3, 0.4) is 0 Å². The molecule has 0 spiro atoms. The zero-order valence-corrected chi connectivity index (χ0v) is 21.0. The van der Waals surface area contributed by atoms with Crippen LogP contribution in [0.15, 0.2) is 76.5 Å². The molecule has 1 amide bonds. The lowest BCUT2D eigenvalue weighted by molar-refractivity contribution is -0.137. The maximum Gasteiger partial charge on any atom is 0.416 e. The number of alkyl halides is 3. The molecule has 0 radical (unpaired) electrons. The van der Waals surface area contributed by atoms with Crippen molar-refractivity contribution in [3.8, 4) is 0 Å². The fourth-order valence-electron chi connectivity index (χ4n) is 3.89. The summed E-state index contributed by atoms with van der Waals surface area (Å²) in [5.41, 5.74) is 0.0563. The summed E-state index contributed by atoms with van der Waals surface area (Å²) in [6.07, 6.45) is -3.45. The lowest BCUT2D eigenvalue weighted by Crippen LogP contribution is -2.24. The van der Waals surface area contributed by atoms with Crippen molar-refractivity contribution in [3.63, 3.8) is 0 Å². The Morgan fingerprint density at radius 3 is 2.03 bits per heavy atom. The number of carbonyl (C=O) groups excluding carboxylic acids is 1. The molecule has 1 fully saturated rings. The van der Waals surface area contributed by atoms with Crippen molar-refractivity contribution < 1.29 is 34.8 Å². The molecule has 13 heteroatoms. The van der Waals surface area contributed by atoms with Gasteiger partial charge >= 0.3 is 6.18 Å². The molecule has 0 bridgehead atoms. The maximum absolute atomic E-state index is 12.9. The Hall–Kier alpha value is -3.58. The first kappa shape index (κ1) is 26.5. The maximum atomic E-state index is 12.9. The van der Waals surface area contributed by atoms with E-state index in [0.717, 1.165) is 30.7 Å². The van der Waals surface area contributed by atoms with Crippen LogP contribution in [0.4, 0.5) is 30.2 Å². The average Bonchev–Trinajstić information content (AvgIpc) is 3.24. The number of hydrogen-bond donors (Lipinski definition) is 2. The Morgan fingerprint density at radius 1 is 0.811 bits per heavy atom. The number of hydrogen-bond acceptors (Lipinski definition) is 5. The summed E-state index contributed by atoms with van der Waals surface area (Å²) in [5.74, 6) is -0.0191. The van der Waals surface area contributed by atoms with Gasteiger partial charge in [-0.3, -0.25) is 14.2 Å². The quantitative estimate of drug-likeness (QED) is 0.439. The second-order valence-electron chi connectivity index (χ2n) is 8.41. The third-order valence-corrected chi connectivity index (χ3v) is 8.48. The van der Waals surface area contributed by atoms with Gasteiger partial charge in [0.15, 0.2) is 0 Å². The smallest absolute Gasteiger partial charge is 0.312 e. The number of aryl methyl sites for hydroxylation is 1. The highest BCUT2D eigenvalue weighted by atomic mass is 32.2. The van der Waals surface area contributed by atoms with E-state index in [1.54, 1.807) is 17.9 Å². The van der Waals surface area contributed by atoms with Gasteiger partial charge in [-0.25, -0.2) is 16.8 Å². The zero-order chi connectivity index (χ0) is 27.0. The molecule has 196 valence electrons. The van der Waals surface area contributed by atoms with Gasteiger partial charge in [-0.05, 0) is 79.6 Å². The average molecular weight is 554 g/mol. The number of anilines is 3. The Kier molecular flexibility index (Phi) is 6.95. The number of nitrogens with one attached hydrogen (secondary N) is 2. The second kappa shape index (κ2) is 9.71. The van der Waals surface area contributed by atoms with Crippen molar-refractivity contribution in [3.05, 3.63) is 77.9 Å². The van der Waals surface area contributed by atoms with E-state index in [1.165, 1.54) is 30.3 Å². The van der Waals surface area contributed by atoms with Crippen molar-refractivity contribution in [1.29, 1.82) is 0 Å². The topological polar surface area (TPSA) is 113 Å². The highest BCUT2D eigenvalue weighted by molar-refractivity contribution is 7.93. The third-order valence-electron chi connectivity index (χ3n) is 5.70. The van der Waals surface area contributed by atoms with E-state index >= 15 is 0 Å². The van der Waals surface area contributed by atoms with Crippen LogP contribution in [0.25, 0.3) is 0 Å². The first-order chi connectivity index (χ1) is 17.3. The number of halogens is 3. The van der Waals surface area contributed by atoms with Crippen molar-refractivity contribution in [1.82, 2.24) is 0 Å². The predicted octanol–water partition coefficient (Wildman–Crippen LogP) is 4.74. The number of sulfonamides is 2. The number of amides is 1. The molecule has 1 heterocycles. The molecule has 0 aromatic heterocycles. The van der Waals surface area contributed by atoms with Gasteiger partial charge < -0.3 is 4.90 Å². The van der Waals surface area contributed by atoms with Gasteiger partial charge in [-0.1, -0.05) is 6.07 Å². The van der Waals surface area contributed by atoms with E-state index in [-0.39, 0.29) is 27.1 Å². The van der Waals surface area contributed by atoms with Gasteiger partial charge in [0.25, 0.3) is 20.0 Å². The van der Waals surface area contributed by atoms with Crippen LogP contribution in [-0.4, -0.2) is 29.3 Å². The van der Waals surface area contributed by atoms with Crippen LogP contribution in [0, 0.1) is 6.92 Å². The summed E-state index contributed by atoms with van der Waals surface area (Å²) < 4.78 is 94.2. The number of nitrogens with zero attached hydrogens (tertiary/aromatic N) is 1. The van der Waals surface area contributed by atoms with E-state index in [2.05, 4.69) is 9.44 Å². The molecular formula is C24H22F3N3O5S2. The molecule has 0 unspecified atom stereocenters. The van der Waals surface area contributed by atoms with Crippen molar-refractivity contribution in [2.24, 2.45) is 0 Å². The second-order valence-corrected chi connectivity index (χ2v) is 11.8. The van der Waals surface area contributed by atoms with Gasteiger partial charge in [-0.2, -0.15) is 13.2 Å². The van der Waals surface area contributed by atoms with E-state index < -0.39 is 31.8 Å². The standard InChI is InChI=1S/C24H22F3N3O5S2/c1-16-14-21(11-12-22(16)30-13-3-6-23(30)31)37(34,35)28-18-7-9-20(10-8-18)36(32,33)29-19-5-2-4-17(15-19)24(25,26)27/h2,4-5,7-12,14-15,28-29H,3,6,13H2,1H3. The summed E-state index contributed by atoms with van der Waals surface area (Å²) in [5, 5.41) is 0. The predicted molar refractivity (Wildman–Crippen MR) is 132 cm³/mol. The van der Waals surface area contributed by atoms with Crippen LogP contribution in [-0.2, 0) is 31.0 Å². The van der Waals surface area contributed by atoms with Gasteiger partial charge in [-0.15, -0.1) is 0 Å². The molecule has 4 rings (SSSR count). The van der Waals surface area contributed by atoms with Crippen molar-refractivity contribution in [2.45, 2.75) is 35.7 Å². The van der Waals surface area contributed by atoms with E-state index in [4.69, 9.17) is 0 Å². The molecule has 1 aliphatic rings. The number of carbonyl (C=O) groups is 1. The number of rotatable bonds is 7. The van der Waals surface area contributed by atoms with Gasteiger partial charge in [0.05, 0.1) is 15.4 Å². The zero-order valence-electron chi connectivity index (χ0n) is 19.4. The Balaban J connectivity index is 1.49. The molecule has 8 nitrogen and oxygen atoms in total. The summed E-state index contributed by atoms with van der Waals surface area (Å²) in [7, 11) is -8.27. The first-order valence-corrected chi connectivity index (χ1v) is 14.0. The van der Waals surface area contributed by atoms with Gasteiger partial charge in [0.1, 0.15) is 0 Å². The third kappa shape index (κ3) is 5.88. The SMILES string of the molecule is Cc1cc(S(=O)(=O)Nc2ccc(S(=O)(=O)Nc3cccc(C(F)(F)F)c3)cc2)ccc1N1CCCC1=O. The Morgan fingerprint density at radius 2 is 1.43 bits per heavy atom. The van der Waals surface area contributed by atoms with Gasteiger partial charge in [0.2, 0.25) is 5.91 Å². The van der Waals surface area contributed by atoms with Crippen LogP contribution in [0.1, 0.15) is 24.0 Å². The molecule has 3 aromatic rings. The highest BCUT2D eigenvalue weighted by Crippen LogP contribution is 2.32. The molecule has 0 aliphatic carbocycles. The monoisotopic (exact) mass is 553 g/mol. The van der Waals surface area contributed by atoms with Crippen LogP contribution >= 0.6 is 0 Å². The minimum atomic E-state index is -4.63. The summed E-state index contributed by atoms with van der Waals surface area (Å²) in [4.78, 5) is 13.3. The Bertz CT molecular complexity index is 1560. The molecular weight excluding hydrogens is 531 g/mol. The summed E-state index contributed by atoms with van der Waals surface area (Å²) in [6.45, 7) is 2.28. The molecule has 37 heavy (non-hydrogen) atoms. The molecule has 1 aliphatic heterocycles. The molecule has 0 saturated carbocycles. The number of benzene rings is 3. The molecule has 1 saturated heterocycles. The van der Waals surface area contributed by atoms with E-state index in [0.29, 0.717) is 30.3 Å². The highest BCUT2D eigenvalue weighted by Gasteiger charge is 2.31. The van der Waals surface area contributed by atoms with Gasteiger partial charge in [0, 0.05) is 30.0 Å². The summed E-state index contributed by atoms with van der Waals surface area (Å²) in [6, 6.07) is 12.9. The molecule has 2 N–H and O–H groups in total. The van der Waals surface area contributed by atoms with Crippen LogP contribution < -0.4 is 14.3 Å². The van der Waals surface area contributed by atoms with E-state index in [9.17, 15) is 34.8 Å². The largest absolute Gasteiger partial charge is 0.416 e. The fourth-order valence-corrected chi connectivity index (χ4v) is 6.08. The normalized spacial score (nSPS) is 14.6. The van der Waals surface area contributed by atoms with Crippen molar-refractivity contribution >= 4 is 43.0 Å². The van der Waals surface area contributed by atoms with Crippen LogP contribution in [0.5, 0.6) is 0 Å². The minimum Gasteiger partial charge on any atom is -0.312 e. The van der Waals surface area contributed by atoms with Crippen molar-refractivity contribution in [2.75, 3.05) is 20.9 Å². The minimum absolute atomic E-state index is 0.0191. The first-order valence-electron chi connectivity index (χ1n) is 11.0. The van der Waals surface area contributed by atoms with Crippen LogP contribution in [0.2, 0.25) is 0 Å². The molecule has 3 aromatic carbocycles. The fraction of sp³-hybridized carbons (Fsp3) is 0.208. The lowest BCUT2D eigenvalue weighted by Gasteiger charge is -2.19. The summed E-state index contributed by atoms with van der Waals surface area (Å²) >= 11 is 0. The lowest BCUT2D eigenvalue weighted by atomic mass is 10.2. The van der Waals surface area contributed by atoms with E-state index in [1.807, 2.05) is 0 Å². The molecule has 0 atom stereocenters. The Labute approximate surface area is 212 Å².